The Morgan fingerprint density at radius 1 is 1.00 bits per heavy atom. The number of anilines is 2. The van der Waals surface area contributed by atoms with Gasteiger partial charge >= 0.3 is 5.97 Å². The molecule has 0 amide bonds. The second-order valence-corrected chi connectivity index (χ2v) is 5.52. The van der Waals surface area contributed by atoms with Crippen LogP contribution in [0, 0.1) is 0 Å². The number of nitrogens with two attached hydrogens (primary N) is 1. The van der Waals surface area contributed by atoms with Crippen LogP contribution >= 0.6 is 0 Å². The molecule has 25 heavy (non-hydrogen) atoms. The van der Waals surface area contributed by atoms with Gasteiger partial charge in [-0.15, -0.1) is 0 Å². The van der Waals surface area contributed by atoms with Crippen LogP contribution in [0.2, 0.25) is 0 Å². The second-order valence-electron chi connectivity index (χ2n) is 5.52. The van der Waals surface area contributed by atoms with Crippen LogP contribution < -0.4 is 15.5 Å². The molecule has 3 rings (SSSR count). The number of carbonyl (C=O) groups excluding carboxylic acids is 1. The first kappa shape index (κ1) is 17.3. The van der Waals surface area contributed by atoms with Gasteiger partial charge in [0.1, 0.15) is 0 Å². The van der Waals surface area contributed by atoms with Gasteiger partial charge in [0.2, 0.25) is 23.6 Å². The van der Waals surface area contributed by atoms with Gasteiger partial charge in [0.05, 0.1) is 26.4 Å². The van der Waals surface area contributed by atoms with Gasteiger partial charge in [-0.05, 0) is 0 Å². The SMILES string of the molecule is CC(=O)O/N=C(/N)c1nc(N2CCOCC2)nc(N2CCOCC2)n1. The summed E-state index contributed by atoms with van der Waals surface area (Å²) < 4.78 is 10.7. The quantitative estimate of drug-likeness (QED) is 0.303. The average molecular weight is 351 g/mol. The number of hydrogen-bond donors (Lipinski definition) is 1. The van der Waals surface area contributed by atoms with Crippen LogP contribution in [0.3, 0.4) is 0 Å². The molecule has 2 fully saturated rings. The fraction of sp³-hybridized carbons (Fsp3) is 0.643. The fourth-order valence-corrected chi connectivity index (χ4v) is 2.43. The van der Waals surface area contributed by atoms with Gasteiger partial charge in [-0.1, -0.05) is 5.16 Å². The molecule has 136 valence electrons. The lowest BCUT2D eigenvalue weighted by Gasteiger charge is -2.30. The van der Waals surface area contributed by atoms with Crippen LogP contribution in [-0.4, -0.2) is 79.4 Å². The van der Waals surface area contributed by atoms with Gasteiger partial charge in [-0.3, -0.25) is 0 Å². The van der Waals surface area contributed by atoms with Crippen LogP contribution in [0.15, 0.2) is 5.16 Å². The number of morpholine rings is 2. The van der Waals surface area contributed by atoms with Gasteiger partial charge in [-0.25, -0.2) is 4.79 Å². The van der Waals surface area contributed by atoms with Crippen LogP contribution in [0.1, 0.15) is 12.7 Å². The van der Waals surface area contributed by atoms with Crippen molar-refractivity contribution in [2.75, 3.05) is 62.4 Å². The van der Waals surface area contributed by atoms with E-state index in [4.69, 9.17) is 15.2 Å². The molecule has 0 aromatic carbocycles. The largest absolute Gasteiger partial charge is 0.378 e. The zero-order valence-electron chi connectivity index (χ0n) is 14.1. The van der Waals surface area contributed by atoms with Crippen molar-refractivity contribution in [3.63, 3.8) is 0 Å². The summed E-state index contributed by atoms with van der Waals surface area (Å²) in [5, 5.41) is 3.57. The first-order valence-corrected chi connectivity index (χ1v) is 8.06. The Bertz CT molecular complexity index is 606. The normalized spacial score (nSPS) is 19.0. The average Bonchev–Trinajstić information content (AvgIpc) is 2.67. The van der Waals surface area contributed by atoms with Crippen LogP contribution in [0.5, 0.6) is 0 Å². The topological polar surface area (TPSA) is 128 Å². The number of carbonyl (C=O) groups is 1. The van der Waals surface area contributed by atoms with Gasteiger partial charge in [0.25, 0.3) is 0 Å². The molecule has 0 atom stereocenters. The summed E-state index contributed by atoms with van der Waals surface area (Å²) in [5.41, 5.74) is 5.87. The minimum absolute atomic E-state index is 0.0818. The Hall–Kier alpha value is -2.53. The number of hydrogen-bond acceptors (Lipinski definition) is 10. The summed E-state index contributed by atoms with van der Waals surface area (Å²) in [5.74, 6) is 0.506. The second kappa shape index (κ2) is 8.03. The van der Waals surface area contributed by atoms with Crippen LogP contribution in [0.25, 0.3) is 0 Å². The molecule has 2 aliphatic heterocycles. The van der Waals surface area contributed by atoms with E-state index in [1.54, 1.807) is 0 Å². The molecule has 1 aromatic heterocycles. The molecule has 0 unspecified atom stereocenters. The predicted molar refractivity (Wildman–Crippen MR) is 88.4 cm³/mol. The lowest BCUT2D eigenvalue weighted by Crippen LogP contribution is -2.40. The van der Waals surface area contributed by atoms with Crippen molar-refractivity contribution >= 4 is 23.7 Å². The smallest absolute Gasteiger partial charge is 0.332 e. The maximum absolute atomic E-state index is 10.9. The summed E-state index contributed by atoms with van der Waals surface area (Å²) in [7, 11) is 0. The summed E-state index contributed by atoms with van der Waals surface area (Å²) >= 11 is 0. The van der Waals surface area contributed by atoms with Crippen molar-refractivity contribution in [2.45, 2.75) is 6.92 Å². The molecule has 0 spiro atoms. The van der Waals surface area contributed by atoms with E-state index in [9.17, 15) is 4.79 Å². The molecule has 3 heterocycles. The Kier molecular flexibility index (Phi) is 5.56. The lowest BCUT2D eigenvalue weighted by atomic mass is 10.4. The fourth-order valence-electron chi connectivity index (χ4n) is 2.43. The molecule has 2 aliphatic rings. The number of ether oxygens (including phenoxy) is 2. The van der Waals surface area contributed by atoms with Gasteiger partial charge in [0, 0.05) is 33.1 Å². The van der Waals surface area contributed by atoms with E-state index in [0.717, 1.165) is 0 Å². The first-order valence-electron chi connectivity index (χ1n) is 8.06. The van der Waals surface area contributed by atoms with E-state index < -0.39 is 5.97 Å². The van der Waals surface area contributed by atoms with Crippen molar-refractivity contribution in [3.05, 3.63) is 5.82 Å². The standard InChI is InChI=1S/C14H21N7O4/c1-10(22)25-19-11(15)12-16-13(20-2-6-23-7-3-20)18-14(17-12)21-4-8-24-9-5-21/h2-9H2,1H3,(H2,15,19). The Labute approximate surface area is 144 Å². The molecule has 1 aromatic rings. The number of nitrogens with zero attached hydrogens (tertiary/aromatic N) is 6. The van der Waals surface area contributed by atoms with Crippen molar-refractivity contribution in [3.8, 4) is 0 Å². The molecule has 0 aliphatic carbocycles. The monoisotopic (exact) mass is 351 g/mol. The van der Waals surface area contributed by atoms with Gasteiger partial charge in [0.15, 0.2) is 0 Å². The van der Waals surface area contributed by atoms with E-state index in [2.05, 4.69) is 24.9 Å². The van der Waals surface area contributed by atoms with Gasteiger partial charge in [-0.2, -0.15) is 15.0 Å². The maximum Gasteiger partial charge on any atom is 0.332 e. The molecular formula is C14H21N7O4. The number of amidine groups is 1. The van der Waals surface area contributed by atoms with E-state index >= 15 is 0 Å². The van der Waals surface area contributed by atoms with E-state index in [1.807, 2.05) is 9.80 Å². The molecule has 11 heteroatoms. The zero-order valence-corrected chi connectivity index (χ0v) is 14.1. The Morgan fingerprint density at radius 3 is 1.92 bits per heavy atom. The van der Waals surface area contributed by atoms with Crippen molar-refractivity contribution in [1.82, 2.24) is 15.0 Å². The van der Waals surface area contributed by atoms with Crippen LogP contribution in [-0.2, 0) is 19.1 Å². The number of aromatic nitrogens is 3. The molecule has 2 N–H and O–H groups in total. The number of oxime groups is 1. The predicted octanol–water partition coefficient (Wildman–Crippen LogP) is -1.27. The summed E-state index contributed by atoms with van der Waals surface area (Å²) in [6.07, 6.45) is 0. The van der Waals surface area contributed by atoms with Crippen molar-refractivity contribution in [2.24, 2.45) is 10.9 Å². The van der Waals surface area contributed by atoms with Crippen molar-refractivity contribution < 1.29 is 19.1 Å². The summed E-state index contributed by atoms with van der Waals surface area (Å²) in [6, 6.07) is 0. The Morgan fingerprint density at radius 2 is 1.48 bits per heavy atom. The Balaban J connectivity index is 1.92. The molecular weight excluding hydrogens is 330 g/mol. The van der Waals surface area contributed by atoms with Crippen molar-refractivity contribution in [1.29, 1.82) is 0 Å². The van der Waals surface area contributed by atoms with E-state index in [0.29, 0.717) is 64.5 Å². The third-order valence-corrected chi connectivity index (χ3v) is 3.70. The lowest BCUT2D eigenvalue weighted by molar-refractivity contribution is -0.140. The maximum atomic E-state index is 10.9. The summed E-state index contributed by atoms with van der Waals surface area (Å²) in [4.78, 5) is 32.8. The molecule has 2 saturated heterocycles. The minimum atomic E-state index is -0.571. The highest BCUT2D eigenvalue weighted by atomic mass is 16.7. The highest BCUT2D eigenvalue weighted by Crippen LogP contribution is 2.16. The number of rotatable bonds is 4. The first-order chi connectivity index (χ1) is 12.1. The van der Waals surface area contributed by atoms with E-state index in [1.165, 1.54) is 6.92 Å². The van der Waals surface area contributed by atoms with Gasteiger partial charge < -0.3 is 29.8 Å². The molecule has 11 nitrogen and oxygen atoms in total. The molecule has 0 bridgehead atoms. The zero-order chi connectivity index (χ0) is 17.6. The highest BCUT2D eigenvalue weighted by Gasteiger charge is 2.21. The third kappa shape index (κ3) is 4.51. The molecule has 0 saturated carbocycles. The highest BCUT2D eigenvalue weighted by molar-refractivity contribution is 5.94. The third-order valence-electron chi connectivity index (χ3n) is 3.70. The molecule has 0 radical (unpaired) electrons. The van der Waals surface area contributed by atoms with Crippen LogP contribution in [0.4, 0.5) is 11.9 Å². The summed E-state index contributed by atoms with van der Waals surface area (Å²) in [6.45, 7) is 6.34. The van der Waals surface area contributed by atoms with E-state index in [-0.39, 0.29) is 11.7 Å². The minimum Gasteiger partial charge on any atom is -0.378 e.